The standard InChI is InChI=1S/C8H14F4N2/c9-7(10)8(11,12)5-14-6-2-1-3-13-4-6/h6-7,13-14H,1-5H2. The molecule has 0 bridgehead atoms. The van der Waals surface area contributed by atoms with Gasteiger partial charge in [0.2, 0.25) is 0 Å². The van der Waals surface area contributed by atoms with Crippen LogP contribution in [0.3, 0.4) is 0 Å². The average Bonchev–Trinajstić information content (AvgIpc) is 2.16. The van der Waals surface area contributed by atoms with Gasteiger partial charge in [-0.2, -0.15) is 8.78 Å². The second-order valence-electron chi connectivity index (χ2n) is 3.49. The Morgan fingerprint density at radius 2 is 2.14 bits per heavy atom. The van der Waals surface area contributed by atoms with E-state index < -0.39 is 18.9 Å². The molecular weight excluding hydrogens is 200 g/mol. The van der Waals surface area contributed by atoms with E-state index in [1.165, 1.54) is 0 Å². The summed E-state index contributed by atoms with van der Waals surface area (Å²) in [6.45, 7) is 0.486. The lowest BCUT2D eigenvalue weighted by Gasteiger charge is -2.26. The van der Waals surface area contributed by atoms with Gasteiger partial charge in [-0.1, -0.05) is 0 Å². The van der Waals surface area contributed by atoms with Crippen LogP contribution in [0.1, 0.15) is 12.8 Å². The van der Waals surface area contributed by atoms with Crippen molar-refractivity contribution in [1.29, 1.82) is 0 Å². The second-order valence-corrected chi connectivity index (χ2v) is 3.49. The normalized spacial score (nSPS) is 24.2. The number of rotatable bonds is 4. The lowest BCUT2D eigenvalue weighted by atomic mass is 10.1. The van der Waals surface area contributed by atoms with Crippen molar-refractivity contribution in [3.8, 4) is 0 Å². The molecule has 6 heteroatoms. The van der Waals surface area contributed by atoms with Crippen LogP contribution in [-0.2, 0) is 0 Å². The molecule has 1 atom stereocenters. The minimum Gasteiger partial charge on any atom is -0.315 e. The number of halogens is 4. The van der Waals surface area contributed by atoms with Crippen LogP contribution in [0.15, 0.2) is 0 Å². The first-order valence-corrected chi connectivity index (χ1v) is 4.62. The molecule has 0 saturated carbocycles. The third-order valence-electron chi connectivity index (χ3n) is 2.24. The fourth-order valence-electron chi connectivity index (χ4n) is 1.38. The highest BCUT2D eigenvalue weighted by molar-refractivity contribution is 4.79. The predicted molar refractivity (Wildman–Crippen MR) is 44.8 cm³/mol. The van der Waals surface area contributed by atoms with Crippen molar-refractivity contribution in [3.63, 3.8) is 0 Å². The molecule has 1 rings (SSSR count). The van der Waals surface area contributed by atoms with Crippen molar-refractivity contribution in [1.82, 2.24) is 10.6 Å². The van der Waals surface area contributed by atoms with Crippen LogP contribution in [0.5, 0.6) is 0 Å². The van der Waals surface area contributed by atoms with Gasteiger partial charge in [0.25, 0.3) is 0 Å². The SMILES string of the molecule is FC(F)C(F)(F)CNC1CCCNC1. The zero-order valence-electron chi connectivity index (χ0n) is 7.70. The smallest absolute Gasteiger partial charge is 0.315 e. The van der Waals surface area contributed by atoms with E-state index in [2.05, 4.69) is 10.6 Å². The maximum Gasteiger partial charge on any atom is 0.319 e. The zero-order chi connectivity index (χ0) is 10.6. The monoisotopic (exact) mass is 214 g/mol. The Kier molecular flexibility index (Phi) is 4.12. The largest absolute Gasteiger partial charge is 0.319 e. The molecule has 2 N–H and O–H groups in total. The van der Waals surface area contributed by atoms with E-state index in [1.807, 2.05) is 0 Å². The highest BCUT2D eigenvalue weighted by atomic mass is 19.3. The fraction of sp³-hybridized carbons (Fsp3) is 1.00. The average molecular weight is 214 g/mol. The quantitative estimate of drug-likeness (QED) is 0.688. The third-order valence-corrected chi connectivity index (χ3v) is 2.24. The molecule has 2 nitrogen and oxygen atoms in total. The lowest BCUT2D eigenvalue weighted by molar-refractivity contribution is -0.126. The zero-order valence-corrected chi connectivity index (χ0v) is 7.70. The van der Waals surface area contributed by atoms with E-state index in [0.29, 0.717) is 6.54 Å². The number of nitrogens with one attached hydrogen (secondary N) is 2. The molecule has 1 heterocycles. The van der Waals surface area contributed by atoms with Crippen molar-refractivity contribution < 1.29 is 17.6 Å². The molecule has 0 radical (unpaired) electrons. The van der Waals surface area contributed by atoms with Gasteiger partial charge < -0.3 is 10.6 Å². The summed E-state index contributed by atoms with van der Waals surface area (Å²) in [7, 11) is 0. The molecule has 0 aromatic heterocycles. The predicted octanol–water partition coefficient (Wildman–Crippen LogP) is 1.23. The van der Waals surface area contributed by atoms with Gasteiger partial charge in [-0.25, -0.2) is 8.78 Å². The molecule has 0 amide bonds. The van der Waals surface area contributed by atoms with Gasteiger partial charge in [0.15, 0.2) is 0 Å². The summed E-state index contributed by atoms with van der Waals surface area (Å²) in [5.74, 6) is -3.92. The number of alkyl halides is 4. The number of piperidine rings is 1. The van der Waals surface area contributed by atoms with E-state index in [9.17, 15) is 17.6 Å². The summed E-state index contributed by atoms with van der Waals surface area (Å²) >= 11 is 0. The minimum absolute atomic E-state index is 0.117. The lowest BCUT2D eigenvalue weighted by Crippen LogP contribution is -2.48. The maximum absolute atomic E-state index is 12.5. The Morgan fingerprint density at radius 3 is 2.64 bits per heavy atom. The van der Waals surface area contributed by atoms with E-state index in [0.717, 1.165) is 19.4 Å². The molecule has 0 aromatic carbocycles. The Morgan fingerprint density at radius 1 is 1.43 bits per heavy atom. The van der Waals surface area contributed by atoms with Gasteiger partial charge in [0.1, 0.15) is 0 Å². The highest BCUT2D eigenvalue weighted by Gasteiger charge is 2.40. The summed E-state index contributed by atoms with van der Waals surface area (Å²) in [4.78, 5) is 0. The second kappa shape index (κ2) is 4.93. The molecule has 14 heavy (non-hydrogen) atoms. The first-order valence-electron chi connectivity index (χ1n) is 4.62. The van der Waals surface area contributed by atoms with Gasteiger partial charge in [-0.3, -0.25) is 0 Å². The number of hydrogen-bond acceptors (Lipinski definition) is 2. The van der Waals surface area contributed by atoms with Crippen molar-refractivity contribution in [2.45, 2.75) is 31.2 Å². The highest BCUT2D eigenvalue weighted by Crippen LogP contribution is 2.21. The van der Waals surface area contributed by atoms with Crippen molar-refractivity contribution in [3.05, 3.63) is 0 Å². The summed E-state index contributed by atoms with van der Waals surface area (Å²) in [6, 6.07) is -0.117. The Balaban J connectivity index is 2.24. The maximum atomic E-state index is 12.5. The molecular formula is C8H14F4N2. The molecule has 84 valence electrons. The van der Waals surface area contributed by atoms with Gasteiger partial charge in [-0.15, -0.1) is 0 Å². The first-order chi connectivity index (χ1) is 6.52. The Bertz CT molecular complexity index is 169. The van der Waals surface area contributed by atoms with Crippen molar-refractivity contribution in [2.24, 2.45) is 0 Å². The van der Waals surface area contributed by atoms with Gasteiger partial charge in [-0.05, 0) is 19.4 Å². The van der Waals surface area contributed by atoms with Crippen LogP contribution in [0, 0.1) is 0 Å². The first kappa shape index (κ1) is 11.7. The molecule has 0 aliphatic carbocycles. The van der Waals surface area contributed by atoms with Crippen molar-refractivity contribution in [2.75, 3.05) is 19.6 Å². The van der Waals surface area contributed by atoms with E-state index >= 15 is 0 Å². The van der Waals surface area contributed by atoms with Crippen LogP contribution < -0.4 is 10.6 Å². The summed E-state index contributed by atoms with van der Waals surface area (Å²) in [6.07, 6.45) is -1.95. The van der Waals surface area contributed by atoms with Crippen LogP contribution in [0.4, 0.5) is 17.6 Å². The van der Waals surface area contributed by atoms with Crippen LogP contribution in [0.25, 0.3) is 0 Å². The van der Waals surface area contributed by atoms with Crippen LogP contribution >= 0.6 is 0 Å². The minimum atomic E-state index is -3.92. The molecule has 1 saturated heterocycles. The van der Waals surface area contributed by atoms with Gasteiger partial charge >= 0.3 is 12.3 Å². The molecule has 1 fully saturated rings. The van der Waals surface area contributed by atoms with Gasteiger partial charge in [0, 0.05) is 12.6 Å². The number of hydrogen-bond donors (Lipinski definition) is 2. The molecule has 1 unspecified atom stereocenters. The topological polar surface area (TPSA) is 24.1 Å². The molecule has 0 spiro atoms. The van der Waals surface area contributed by atoms with E-state index in [4.69, 9.17) is 0 Å². The Hall–Kier alpha value is -0.360. The van der Waals surface area contributed by atoms with E-state index in [-0.39, 0.29) is 6.04 Å². The third kappa shape index (κ3) is 3.42. The van der Waals surface area contributed by atoms with Crippen molar-refractivity contribution >= 4 is 0 Å². The molecule has 0 aromatic rings. The van der Waals surface area contributed by atoms with Crippen LogP contribution in [-0.4, -0.2) is 38.0 Å². The van der Waals surface area contributed by atoms with E-state index in [1.54, 1.807) is 0 Å². The fourth-order valence-corrected chi connectivity index (χ4v) is 1.38. The van der Waals surface area contributed by atoms with Crippen LogP contribution in [0.2, 0.25) is 0 Å². The summed E-state index contributed by atoms with van der Waals surface area (Å²) in [5.41, 5.74) is 0. The Labute approximate surface area is 80.0 Å². The van der Waals surface area contributed by atoms with Gasteiger partial charge in [0.05, 0.1) is 6.54 Å². The summed E-state index contributed by atoms with van der Waals surface area (Å²) in [5, 5.41) is 5.46. The summed E-state index contributed by atoms with van der Waals surface area (Å²) < 4.78 is 48.5. The molecule has 1 aliphatic heterocycles. The molecule has 1 aliphatic rings.